The summed E-state index contributed by atoms with van der Waals surface area (Å²) in [7, 11) is 1.65. The normalized spacial score (nSPS) is 30.8. The van der Waals surface area contributed by atoms with Gasteiger partial charge in [-0.2, -0.15) is 0 Å². The van der Waals surface area contributed by atoms with Crippen molar-refractivity contribution in [2.24, 2.45) is 17.3 Å². The van der Waals surface area contributed by atoms with Crippen molar-refractivity contribution in [2.75, 3.05) is 59.7 Å². The Morgan fingerprint density at radius 3 is 2.71 bits per heavy atom. The Bertz CT molecular complexity index is 471. The van der Waals surface area contributed by atoms with Crippen LogP contribution < -0.4 is 0 Å². The monoisotopic (exact) mass is 398 g/mol. The highest BCUT2D eigenvalue weighted by Crippen LogP contribution is 2.32. The molecule has 0 aromatic rings. The summed E-state index contributed by atoms with van der Waals surface area (Å²) in [5.74, 6) is 1.14. The van der Waals surface area contributed by atoms with Crippen LogP contribution in [0.3, 0.4) is 0 Å². The van der Waals surface area contributed by atoms with E-state index in [1.165, 1.54) is 6.42 Å². The molecular formula is C22H42N2O4. The zero-order valence-corrected chi connectivity index (χ0v) is 18.5. The summed E-state index contributed by atoms with van der Waals surface area (Å²) in [6.45, 7) is 12.2. The van der Waals surface area contributed by atoms with E-state index in [1.54, 1.807) is 7.11 Å². The largest absolute Gasteiger partial charge is 0.391 e. The number of fused-ring (bicyclic) bond motifs is 1. The fourth-order valence-corrected chi connectivity index (χ4v) is 4.48. The van der Waals surface area contributed by atoms with E-state index in [0.29, 0.717) is 44.6 Å². The molecule has 3 atom stereocenters. The molecule has 2 heterocycles. The first-order chi connectivity index (χ1) is 13.4. The van der Waals surface area contributed by atoms with Crippen molar-refractivity contribution in [3.63, 3.8) is 0 Å². The van der Waals surface area contributed by atoms with E-state index in [-0.39, 0.29) is 11.3 Å². The summed E-state index contributed by atoms with van der Waals surface area (Å²) in [5.41, 5.74) is -0.385. The average molecular weight is 399 g/mol. The van der Waals surface area contributed by atoms with E-state index >= 15 is 0 Å². The van der Waals surface area contributed by atoms with E-state index in [4.69, 9.17) is 9.47 Å². The summed E-state index contributed by atoms with van der Waals surface area (Å²) in [4.78, 5) is 17.5. The lowest BCUT2D eigenvalue weighted by Gasteiger charge is -2.39. The molecule has 0 aromatic carbocycles. The van der Waals surface area contributed by atoms with Crippen LogP contribution in [0.1, 0.15) is 52.9 Å². The topological polar surface area (TPSA) is 62.2 Å². The Kier molecular flexibility index (Phi) is 9.67. The van der Waals surface area contributed by atoms with Crippen LogP contribution in [0, 0.1) is 17.3 Å². The SMILES string of the molecule is CCCN1CC[C@H]2CC(=O)N(CCOC)C[C@H](O)C(C)(C)COCCC[C@H]2C1. The number of β-amino-alcohol motifs (C(OH)–C–C–N with tert-alkyl or cyclic N) is 1. The maximum Gasteiger partial charge on any atom is 0.223 e. The van der Waals surface area contributed by atoms with Gasteiger partial charge in [0.25, 0.3) is 0 Å². The van der Waals surface area contributed by atoms with Gasteiger partial charge >= 0.3 is 0 Å². The Labute approximate surface area is 171 Å². The van der Waals surface area contributed by atoms with Crippen molar-refractivity contribution in [3.05, 3.63) is 0 Å². The zero-order chi connectivity index (χ0) is 20.6. The molecule has 2 rings (SSSR count). The maximum atomic E-state index is 13.2. The Morgan fingerprint density at radius 2 is 2.00 bits per heavy atom. The average Bonchev–Trinajstić information content (AvgIpc) is 2.66. The third kappa shape index (κ3) is 6.97. The van der Waals surface area contributed by atoms with E-state index in [9.17, 15) is 9.90 Å². The minimum atomic E-state index is -0.615. The number of piperidine rings is 1. The predicted molar refractivity (Wildman–Crippen MR) is 111 cm³/mol. The van der Waals surface area contributed by atoms with Gasteiger partial charge in [-0.25, -0.2) is 0 Å². The van der Waals surface area contributed by atoms with Gasteiger partial charge in [0.05, 0.1) is 19.3 Å². The van der Waals surface area contributed by atoms with Gasteiger partial charge in [-0.15, -0.1) is 0 Å². The molecule has 0 aromatic heterocycles. The van der Waals surface area contributed by atoms with Crippen molar-refractivity contribution in [1.82, 2.24) is 9.80 Å². The number of methoxy groups -OCH3 is 1. The van der Waals surface area contributed by atoms with Gasteiger partial charge in [-0.1, -0.05) is 20.8 Å². The first-order valence-electron chi connectivity index (χ1n) is 11.1. The smallest absolute Gasteiger partial charge is 0.223 e. The fraction of sp³-hybridized carbons (Fsp3) is 0.955. The second-order valence-corrected chi connectivity index (χ2v) is 9.35. The van der Waals surface area contributed by atoms with Gasteiger partial charge in [0, 0.05) is 45.2 Å². The van der Waals surface area contributed by atoms with Crippen LogP contribution in [0.2, 0.25) is 0 Å². The molecule has 164 valence electrons. The molecule has 1 amide bonds. The van der Waals surface area contributed by atoms with E-state index in [2.05, 4.69) is 11.8 Å². The van der Waals surface area contributed by atoms with Crippen molar-refractivity contribution in [1.29, 1.82) is 0 Å². The van der Waals surface area contributed by atoms with E-state index in [1.807, 2.05) is 18.7 Å². The first-order valence-corrected chi connectivity index (χ1v) is 11.1. The second-order valence-electron chi connectivity index (χ2n) is 9.35. The molecule has 0 radical (unpaired) electrons. The fourth-order valence-electron chi connectivity index (χ4n) is 4.48. The second kappa shape index (κ2) is 11.5. The number of hydrogen-bond acceptors (Lipinski definition) is 5. The van der Waals surface area contributed by atoms with Crippen LogP contribution in [0.15, 0.2) is 0 Å². The summed E-state index contributed by atoms with van der Waals surface area (Å²) >= 11 is 0. The molecule has 0 unspecified atom stereocenters. The number of hydrogen-bond donors (Lipinski definition) is 1. The molecule has 28 heavy (non-hydrogen) atoms. The van der Waals surface area contributed by atoms with Crippen LogP contribution in [0.25, 0.3) is 0 Å². The number of ether oxygens (including phenoxy) is 2. The van der Waals surface area contributed by atoms with Crippen LogP contribution in [-0.2, 0) is 14.3 Å². The molecule has 0 bridgehead atoms. The van der Waals surface area contributed by atoms with Gasteiger partial charge in [-0.05, 0) is 50.6 Å². The van der Waals surface area contributed by atoms with Crippen LogP contribution in [0.5, 0.6) is 0 Å². The highest BCUT2D eigenvalue weighted by molar-refractivity contribution is 5.76. The molecule has 0 saturated carbocycles. The Morgan fingerprint density at radius 1 is 1.21 bits per heavy atom. The van der Waals surface area contributed by atoms with Crippen molar-refractivity contribution >= 4 is 5.91 Å². The Balaban J connectivity index is 2.13. The number of rotatable bonds is 5. The summed E-state index contributed by atoms with van der Waals surface area (Å²) < 4.78 is 11.1. The van der Waals surface area contributed by atoms with Gasteiger partial charge in [0.2, 0.25) is 5.91 Å². The highest BCUT2D eigenvalue weighted by atomic mass is 16.5. The van der Waals surface area contributed by atoms with Crippen LogP contribution >= 0.6 is 0 Å². The molecular weight excluding hydrogens is 356 g/mol. The Hall–Kier alpha value is -0.690. The molecule has 0 spiro atoms. The van der Waals surface area contributed by atoms with Crippen molar-refractivity contribution in [3.8, 4) is 0 Å². The molecule has 2 fully saturated rings. The molecule has 1 N–H and O–H groups in total. The predicted octanol–water partition coefficient (Wildman–Crippen LogP) is 2.40. The minimum Gasteiger partial charge on any atom is -0.391 e. The van der Waals surface area contributed by atoms with Gasteiger partial charge < -0.3 is 24.4 Å². The molecule has 2 aliphatic rings. The molecule has 6 nitrogen and oxygen atoms in total. The molecule has 6 heteroatoms. The lowest BCUT2D eigenvalue weighted by molar-refractivity contribution is -0.137. The van der Waals surface area contributed by atoms with Gasteiger partial charge in [0.15, 0.2) is 0 Å². The lowest BCUT2D eigenvalue weighted by atomic mass is 9.80. The van der Waals surface area contributed by atoms with E-state index < -0.39 is 6.10 Å². The molecule has 0 aliphatic carbocycles. The maximum absolute atomic E-state index is 13.2. The number of aliphatic hydroxyl groups is 1. The number of likely N-dealkylation sites (tertiary alicyclic amines) is 1. The molecule has 2 saturated heterocycles. The third-order valence-electron chi connectivity index (χ3n) is 6.50. The minimum absolute atomic E-state index is 0.158. The number of carbonyl (C=O) groups is 1. The quantitative estimate of drug-likeness (QED) is 0.770. The van der Waals surface area contributed by atoms with Crippen molar-refractivity contribution in [2.45, 2.75) is 59.0 Å². The van der Waals surface area contributed by atoms with Crippen LogP contribution in [-0.4, -0.2) is 86.6 Å². The number of aliphatic hydroxyl groups excluding tert-OH is 1. The lowest BCUT2D eigenvalue weighted by Crippen LogP contribution is -2.47. The first kappa shape index (κ1) is 23.6. The third-order valence-corrected chi connectivity index (χ3v) is 6.50. The zero-order valence-electron chi connectivity index (χ0n) is 18.5. The summed E-state index contributed by atoms with van der Waals surface area (Å²) in [6.07, 6.45) is 4.37. The highest BCUT2D eigenvalue weighted by Gasteiger charge is 2.35. The standard InChI is InChI=1S/C22H42N2O4/c1-5-9-23-10-8-18-14-21(26)24(11-13-27-4)16-20(25)22(2,3)17-28-12-6-7-19(18)15-23/h18-20,25H,5-17H2,1-4H3/t18-,19-,20-/m0/s1. The molecule has 2 aliphatic heterocycles. The van der Waals surface area contributed by atoms with E-state index in [0.717, 1.165) is 45.5 Å². The summed E-state index contributed by atoms with van der Waals surface area (Å²) in [6, 6.07) is 0. The van der Waals surface area contributed by atoms with Gasteiger partial charge in [-0.3, -0.25) is 4.79 Å². The number of nitrogens with zero attached hydrogens (tertiary/aromatic N) is 2. The van der Waals surface area contributed by atoms with Gasteiger partial charge in [0.1, 0.15) is 0 Å². The van der Waals surface area contributed by atoms with Crippen LogP contribution in [0.4, 0.5) is 0 Å². The number of carbonyl (C=O) groups excluding carboxylic acids is 1. The van der Waals surface area contributed by atoms with Crippen molar-refractivity contribution < 1.29 is 19.4 Å². The number of amides is 1. The summed E-state index contributed by atoms with van der Waals surface area (Å²) in [5, 5.41) is 10.8.